The first-order chi connectivity index (χ1) is 8.15. The lowest BCUT2D eigenvalue weighted by molar-refractivity contribution is -0.125. The van der Waals surface area contributed by atoms with E-state index in [4.69, 9.17) is 0 Å². The zero-order valence-electron chi connectivity index (χ0n) is 11.0. The first-order valence-corrected chi connectivity index (χ1v) is 6.87. The second kappa shape index (κ2) is 5.83. The van der Waals surface area contributed by atoms with E-state index < -0.39 is 0 Å². The molecular weight excluding hydrogens is 214 g/mol. The molecule has 0 aromatic rings. The molecule has 2 heterocycles. The first kappa shape index (κ1) is 12.8. The number of hydrogen-bond acceptors (Lipinski definition) is 3. The van der Waals surface area contributed by atoms with Crippen LogP contribution in [-0.4, -0.2) is 49.6 Å². The Bertz CT molecular complexity index is 261. The number of amides is 1. The van der Waals surface area contributed by atoms with Gasteiger partial charge in [0.2, 0.25) is 5.91 Å². The molecule has 4 heteroatoms. The van der Waals surface area contributed by atoms with Gasteiger partial charge in [-0.05, 0) is 58.3 Å². The third-order valence-corrected chi connectivity index (χ3v) is 4.05. The maximum absolute atomic E-state index is 12.1. The predicted molar refractivity (Wildman–Crippen MR) is 68.9 cm³/mol. The average molecular weight is 239 g/mol. The summed E-state index contributed by atoms with van der Waals surface area (Å²) in [6.07, 6.45) is 4.35. The number of nitrogens with zero attached hydrogens (tertiary/aromatic N) is 1. The molecule has 0 radical (unpaired) electrons. The van der Waals surface area contributed by atoms with Crippen LogP contribution in [0.1, 0.15) is 32.6 Å². The molecule has 17 heavy (non-hydrogen) atoms. The van der Waals surface area contributed by atoms with E-state index in [1.807, 2.05) is 0 Å². The van der Waals surface area contributed by atoms with Gasteiger partial charge in [-0.25, -0.2) is 0 Å². The number of likely N-dealkylation sites (tertiary alicyclic amines) is 1. The Morgan fingerprint density at radius 1 is 1.29 bits per heavy atom. The largest absolute Gasteiger partial charge is 0.352 e. The smallest absolute Gasteiger partial charge is 0.237 e. The molecule has 0 bridgehead atoms. The Labute approximate surface area is 104 Å². The molecule has 0 spiro atoms. The van der Waals surface area contributed by atoms with E-state index in [2.05, 4.69) is 29.5 Å². The second-order valence-corrected chi connectivity index (χ2v) is 5.72. The lowest BCUT2D eigenvalue weighted by Gasteiger charge is -2.32. The lowest BCUT2D eigenvalue weighted by atomic mass is 9.93. The van der Waals surface area contributed by atoms with Gasteiger partial charge in [0, 0.05) is 6.04 Å². The van der Waals surface area contributed by atoms with Crippen LogP contribution in [0.25, 0.3) is 0 Å². The number of piperidine rings is 2. The van der Waals surface area contributed by atoms with Gasteiger partial charge in [0.15, 0.2) is 0 Å². The molecule has 2 unspecified atom stereocenters. The van der Waals surface area contributed by atoms with Crippen molar-refractivity contribution in [2.24, 2.45) is 5.92 Å². The summed E-state index contributed by atoms with van der Waals surface area (Å²) in [5, 5.41) is 6.53. The van der Waals surface area contributed by atoms with Crippen molar-refractivity contribution >= 4 is 5.91 Å². The quantitative estimate of drug-likeness (QED) is 0.741. The van der Waals surface area contributed by atoms with Crippen LogP contribution in [0.5, 0.6) is 0 Å². The topological polar surface area (TPSA) is 44.4 Å². The van der Waals surface area contributed by atoms with Gasteiger partial charge in [0.25, 0.3) is 0 Å². The van der Waals surface area contributed by atoms with Gasteiger partial charge in [0.05, 0.1) is 6.04 Å². The molecule has 2 aliphatic heterocycles. The van der Waals surface area contributed by atoms with Crippen molar-refractivity contribution in [3.05, 3.63) is 0 Å². The zero-order valence-corrected chi connectivity index (χ0v) is 11.0. The zero-order chi connectivity index (χ0) is 12.3. The molecule has 0 aromatic heterocycles. The molecule has 0 aromatic carbocycles. The normalized spacial score (nSPS) is 32.4. The standard InChI is InChI=1S/C13H25N3O/c1-10-3-6-14-12(9-10)13(17)15-11-4-7-16(2)8-5-11/h10-12,14H,3-9H2,1-2H3,(H,15,17). The van der Waals surface area contributed by atoms with E-state index in [-0.39, 0.29) is 11.9 Å². The highest BCUT2D eigenvalue weighted by atomic mass is 16.2. The average Bonchev–Trinajstić information content (AvgIpc) is 2.32. The van der Waals surface area contributed by atoms with Crippen LogP contribution in [0.15, 0.2) is 0 Å². The van der Waals surface area contributed by atoms with Crippen LogP contribution in [0.4, 0.5) is 0 Å². The first-order valence-electron chi connectivity index (χ1n) is 6.87. The molecule has 0 saturated carbocycles. The molecule has 2 aliphatic rings. The fraction of sp³-hybridized carbons (Fsp3) is 0.923. The summed E-state index contributed by atoms with van der Waals surface area (Å²) in [5.74, 6) is 0.885. The number of carbonyl (C=O) groups is 1. The lowest BCUT2D eigenvalue weighted by Crippen LogP contribution is -2.52. The van der Waals surface area contributed by atoms with Crippen LogP contribution in [-0.2, 0) is 4.79 Å². The second-order valence-electron chi connectivity index (χ2n) is 5.72. The number of carbonyl (C=O) groups excluding carboxylic acids is 1. The van der Waals surface area contributed by atoms with Crippen LogP contribution in [0, 0.1) is 5.92 Å². The molecule has 2 rings (SSSR count). The van der Waals surface area contributed by atoms with Crippen molar-refractivity contribution in [3.63, 3.8) is 0 Å². The van der Waals surface area contributed by atoms with Crippen molar-refractivity contribution in [1.29, 1.82) is 0 Å². The van der Waals surface area contributed by atoms with Gasteiger partial charge in [-0.15, -0.1) is 0 Å². The van der Waals surface area contributed by atoms with E-state index >= 15 is 0 Å². The van der Waals surface area contributed by atoms with E-state index in [9.17, 15) is 4.79 Å². The Morgan fingerprint density at radius 2 is 2.00 bits per heavy atom. The van der Waals surface area contributed by atoms with Crippen LogP contribution in [0.2, 0.25) is 0 Å². The van der Waals surface area contributed by atoms with Gasteiger partial charge in [-0.3, -0.25) is 4.79 Å². The van der Waals surface area contributed by atoms with Gasteiger partial charge >= 0.3 is 0 Å². The van der Waals surface area contributed by atoms with Crippen LogP contribution in [0.3, 0.4) is 0 Å². The van der Waals surface area contributed by atoms with Gasteiger partial charge < -0.3 is 15.5 Å². The Balaban J connectivity index is 1.76. The SMILES string of the molecule is CC1CCNC(C(=O)NC2CCN(C)CC2)C1. The summed E-state index contributed by atoms with van der Waals surface area (Å²) in [7, 11) is 2.14. The number of nitrogens with one attached hydrogen (secondary N) is 2. The molecular formula is C13H25N3O. The van der Waals surface area contributed by atoms with E-state index in [1.54, 1.807) is 0 Å². The summed E-state index contributed by atoms with van der Waals surface area (Å²) in [4.78, 5) is 14.4. The molecule has 0 aliphatic carbocycles. The van der Waals surface area contributed by atoms with Crippen molar-refractivity contribution in [2.75, 3.05) is 26.7 Å². The highest BCUT2D eigenvalue weighted by Gasteiger charge is 2.27. The minimum absolute atomic E-state index is 0.0402. The highest BCUT2D eigenvalue weighted by molar-refractivity contribution is 5.82. The fourth-order valence-electron chi connectivity index (χ4n) is 2.76. The minimum Gasteiger partial charge on any atom is -0.352 e. The number of hydrogen-bond donors (Lipinski definition) is 2. The molecule has 2 fully saturated rings. The number of rotatable bonds is 2. The van der Waals surface area contributed by atoms with Gasteiger partial charge in [0.1, 0.15) is 0 Å². The van der Waals surface area contributed by atoms with E-state index in [0.29, 0.717) is 12.0 Å². The summed E-state index contributed by atoms with van der Waals surface area (Å²) < 4.78 is 0. The molecule has 98 valence electrons. The summed E-state index contributed by atoms with van der Waals surface area (Å²) in [5.41, 5.74) is 0. The Hall–Kier alpha value is -0.610. The highest BCUT2D eigenvalue weighted by Crippen LogP contribution is 2.16. The molecule has 2 atom stereocenters. The molecule has 4 nitrogen and oxygen atoms in total. The maximum atomic E-state index is 12.1. The third-order valence-electron chi connectivity index (χ3n) is 4.05. The molecule has 2 N–H and O–H groups in total. The fourth-order valence-corrected chi connectivity index (χ4v) is 2.76. The summed E-state index contributed by atoms with van der Waals surface area (Å²) in [6.45, 7) is 5.40. The van der Waals surface area contributed by atoms with Crippen molar-refractivity contribution in [1.82, 2.24) is 15.5 Å². The summed E-state index contributed by atoms with van der Waals surface area (Å²) in [6, 6.07) is 0.427. The molecule has 2 saturated heterocycles. The monoisotopic (exact) mass is 239 g/mol. The molecule has 1 amide bonds. The van der Waals surface area contributed by atoms with Crippen LogP contribution >= 0.6 is 0 Å². The van der Waals surface area contributed by atoms with Gasteiger partial charge in [-0.1, -0.05) is 6.92 Å². The van der Waals surface area contributed by atoms with E-state index in [1.165, 1.54) is 6.42 Å². The minimum atomic E-state index is 0.0402. The van der Waals surface area contributed by atoms with Gasteiger partial charge in [-0.2, -0.15) is 0 Å². The van der Waals surface area contributed by atoms with Crippen molar-refractivity contribution < 1.29 is 4.79 Å². The third kappa shape index (κ3) is 3.68. The predicted octanol–water partition coefficient (Wildman–Crippen LogP) is 0.585. The maximum Gasteiger partial charge on any atom is 0.237 e. The Kier molecular flexibility index (Phi) is 4.40. The van der Waals surface area contributed by atoms with E-state index in [0.717, 1.165) is 38.9 Å². The van der Waals surface area contributed by atoms with Crippen molar-refractivity contribution in [3.8, 4) is 0 Å². The summed E-state index contributed by atoms with van der Waals surface area (Å²) >= 11 is 0. The Morgan fingerprint density at radius 3 is 2.65 bits per heavy atom. The van der Waals surface area contributed by atoms with Crippen molar-refractivity contribution in [2.45, 2.75) is 44.7 Å². The van der Waals surface area contributed by atoms with Crippen LogP contribution < -0.4 is 10.6 Å².